The largest absolute Gasteiger partial charge is 0.455 e. The molecule has 1 aliphatic rings. The number of carbonyl (C=O) groups excluding carboxylic acids is 1. The number of nitrogens with zero attached hydrogens (tertiary/aromatic N) is 3. The van der Waals surface area contributed by atoms with Crippen LogP contribution in [0.2, 0.25) is 0 Å². The summed E-state index contributed by atoms with van der Waals surface area (Å²) in [6.45, 7) is 1.59. The maximum absolute atomic E-state index is 12.4. The van der Waals surface area contributed by atoms with Crippen LogP contribution in [0.15, 0.2) is 66.7 Å². The van der Waals surface area contributed by atoms with E-state index >= 15 is 0 Å². The highest BCUT2D eigenvalue weighted by atomic mass is 16.5. The van der Waals surface area contributed by atoms with Gasteiger partial charge in [-0.1, -0.05) is 30.3 Å². The standard InChI is InChI=1S/C21H20N4O2/c26-21(25-14-6-7-15-25)18-12-13-20(24-23-18)22-17-10-4-5-11-19(17)27-16-8-2-1-3-9-16/h1-5,8-13H,6-7,14-15H2,(H,22,24). The first kappa shape index (κ1) is 17.0. The predicted molar refractivity (Wildman–Crippen MR) is 103 cm³/mol. The monoisotopic (exact) mass is 360 g/mol. The summed E-state index contributed by atoms with van der Waals surface area (Å²) in [6.07, 6.45) is 2.11. The molecule has 1 saturated heterocycles. The first-order valence-electron chi connectivity index (χ1n) is 9.01. The molecule has 4 rings (SSSR count). The van der Waals surface area contributed by atoms with Crippen LogP contribution in [0.1, 0.15) is 23.3 Å². The summed E-state index contributed by atoms with van der Waals surface area (Å²) in [5.74, 6) is 1.93. The molecule has 2 heterocycles. The maximum atomic E-state index is 12.4. The number of anilines is 2. The Balaban J connectivity index is 1.48. The van der Waals surface area contributed by atoms with E-state index in [-0.39, 0.29) is 5.91 Å². The molecular weight excluding hydrogens is 340 g/mol. The van der Waals surface area contributed by atoms with Gasteiger partial charge in [0.25, 0.3) is 5.91 Å². The van der Waals surface area contributed by atoms with E-state index in [0.29, 0.717) is 17.3 Å². The van der Waals surface area contributed by atoms with E-state index in [1.165, 1.54) is 0 Å². The molecule has 6 heteroatoms. The van der Waals surface area contributed by atoms with Crippen LogP contribution in [-0.4, -0.2) is 34.1 Å². The average Bonchev–Trinajstić information content (AvgIpc) is 3.25. The van der Waals surface area contributed by atoms with Gasteiger partial charge in [-0.2, -0.15) is 0 Å². The van der Waals surface area contributed by atoms with E-state index < -0.39 is 0 Å². The molecule has 0 bridgehead atoms. The van der Waals surface area contributed by atoms with Crippen LogP contribution < -0.4 is 10.1 Å². The number of hydrogen-bond donors (Lipinski definition) is 1. The van der Waals surface area contributed by atoms with Crippen molar-refractivity contribution in [2.45, 2.75) is 12.8 Å². The fourth-order valence-electron chi connectivity index (χ4n) is 3.01. The molecule has 1 fully saturated rings. The molecule has 1 amide bonds. The van der Waals surface area contributed by atoms with Crippen LogP contribution >= 0.6 is 0 Å². The molecule has 1 N–H and O–H groups in total. The molecule has 0 atom stereocenters. The molecule has 1 aliphatic heterocycles. The van der Waals surface area contributed by atoms with Crippen LogP contribution in [0.25, 0.3) is 0 Å². The number of hydrogen-bond acceptors (Lipinski definition) is 5. The second kappa shape index (κ2) is 7.86. The Kier molecular flexibility index (Phi) is 4.96. The Morgan fingerprint density at radius 2 is 1.63 bits per heavy atom. The van der Waals surface area contributed by atoms with Gasteiger partial charge in [0.05, 0.1) is 5.69 Å². The molecule has 27 heavy (non-hydrogen) atoms. The third kappa shape index (κ3) is 4.06. The van der Waals surface area contributed by atoms with Crippen molar-refractivity contribution in [2.24, 2.45) is 0 Å². The third-order valence-corrected chi connectivity index (χ3v) is 4.40. The number of nitrogens with one attached hydrogen (secondary N) is 1. The lowest BCUT2D eigenvalue weighted by Crippen LogP contribution is -2.28. The van der Waals surface area contributed by atoms with Crippen LogP contribution in [0.4, 0.5) is 11.5 Å². The van der Waals surface area contributed by atoms with Crippen molar-refractivity contribution in [3.63, 3.8) is 0 Å². The lowest BCUT2D eigenvalue weighted by atomic mass is 10.2. The number of likely N-dealkylation sites (tertiary alicyclic amines) is 1. The molecular formula is C21H20N4O2. The molecule has 0 unspecified atom stereocenters. The van der Waals surface area contributed by atoms with Crippen LogP contribution in [0.5, 0.6) is 11.5 Å². The highest BCUT2D eigenvalue weighted by Gasteiger charge is 2.20. The van der Waals surface area contributed by atoms with Gasteiger partial charge in [-0.15, -0.1) is 10.2 Å². The van der Waals surface area contributed by atoms with Crippen molar-refractivity contribution < 1.29 is 9.53 Å². The Morgan fingerprint density at radius 1 is 0.889 bits per heavy atom. The van der Waals surface area contributed by atoms with Crippen LogP contribution in [0.3, 0.4) is 0 Å². The summed E-state index contributed by atoms with van der Waals surface area (Å²) in [5, 5.41) is 11.4. The molecule has 0 aliphatic carbocycles. The number of aromatic nitrogens is 2. The van der Waals surface area contributed by atoms with Crippen molar-refractivity contribution in [3.8, 4) is 11.5 Å². The van der Waals surface area contributed by atoms with Gasteiger partial charge in [0.1, 0.15) is 5.75 Å². The number of carbonyl (C=O) groups is 1. The van der Waals surface area contributed by atoms with E-state index in [4.69, 9.17) is 4.74 Å². The average molecular weight is 360 g/mol. The Labute approximate surface area is 157 Å². The number of benzene rings is 2. The predicted octanol–water partition coefficient (Wildman–Crippen LogP) is 4.25. The molecule has 2 aromatic carbocycles. The number of ether oxygens (including phenoxy) is 1. The summed E-state index contributed by atoms with van der Waals surface area (Å²) in [7, 11) is 0. The van der Waals surface area contributed by atoms with E-state index in [1.54, 1.807) is 12.1 Å². The van der Waals surface area contributed by atoms with Crippen molar-refractivity contribution in [1.82, 2.24) is 15.1 Å². The zero-order chi connectivity index (χ0) is 18.5. The lowest BCUT2D eigenvalue weighted by molar-refractivity contribution is 0.0786. The summed E-state index contributed by atoms with van der Waals surface area (Å²) in [6, 6.07) is 20.7. The number of para-hydroxylation sites is 3. The number of rotatable bonds is 5. The zero-order valence-corrected chi connectivity index (χ0v) is 14.8. The lowest BCUT2D eigenvalue weighted by Gasteiger charge is -2.14. The summed E-state index contributed by atoms with van der Waals surface area (Å²) < 4.78 is 5.94. The number of amides is 1. The Bertz CT molecular complexity index is 907. The van der Waals surface area contributed by atoms with E-state index in [9.17, 15) is 4.79 Å². The third-order valence-electron chi connectivity index (χ3n) is 4.40. The van der Waals surface area contributed by atoms with Crippen molar-refractivity contribution >= 4 is 17.4 Å². The fourth-order valence-corrected chi connectivity index (χ4v) is 3.01. The maximum Gasteiger partial charge on any atom is 0.274 e. The second-order valence-corrected chi connectivity index (χ2v) is 6.34. The smallest absolute Gasteiger partial charge is 0.274 e. The van der Waals surface area contributed by atoms with E-state index in [2.05, 4.69) is 15.5 Å². The minimum Gasteiger partial charge on any atom is -0.455 e. The molecule has 136 valence electrons. The van der Waals surface area contributed by atoms with Gasteiger partial charge in [-0.25, -0.2) is 0 Å². The van der Waals surface area contributed by atoms with E-state index in [0.717, 1.165) is 37.4 Å². The van der Waals surface area contributed by atoms with Gasteiger partial charge < -0.3 is 15.0 Å². The Hall–Kier alpha value is -3.41. The van der Waals surface area contributed by atoms with Crippen LogP contribution in [-0.2, 0) is 0 Å². The first-order chi connectivity index (χ1) is 13.3. The van der Waals surface area contributed by atoms with Gasteiger partial charge >= 0.3 is 0 Å². The zero-order valence-electron chi connectivity index (χ0n) is 14.8. The molecule has 0 saturated carbocycles. The minimum absolute atomic E-state index is 0.0561. The van der Waals surface area contributed by atoms with Crippen molar-refractivity contribution in [1.29, 1.82) is 0 Å². The molecule has 3 aromatic rings. The van der Waals surface area contributed by atoms with Gasteiger partial charge in [0.15, 0.2) is 17.3 Å². The Morgan fingerprint density at radius 3 is 2.37 bits per heavy atom. The topological polar surface area (TPSA) is 67.3 Å². The summed E-state index contributed by atoms with van der Waals surface area (Å²) in [5.41, 5.74) is 1.14. The second-order valence-electron chi connectivity index (χ2n) is 6.34. The quantitative estimate of drug-likeness (QED) is 0.737. The van der Waals surface area contributed by atoms with Crippen LogP contribution in [0, 0.1) is 0 Å². The minimum atomic E-state index is -0.0561. The highest BCUT2D eigenvalue weighted by molar-refractivity contribution is 5.92. The normalized spacial score (nSPS) is 13.4. The van der Waals surface area contributed by atoms with Gasteiger partial charge in [0, 0.05) is 13.1 Å². The molecule has 1 aromatic heterocycles. The fraction of sp³-hybridized carbons (Fsp3) is 0.190. The first-order valence-corrected chi connectivity index (χ1v) is 9.01. The van der Waals surface area contributed by atoms with Gasteiger partial charge in [0.2, 0.25) is 0 Å². The molecule has 6 nitrogen and oxygen atoms in total. The van der Waals surface area contributed by atoms with Crippen molar-refractivity contribution in [2.75, 3.05) is 18.4 Å². The summed E-state index contributed by atoms with van der Waals surface area (Å²) in [4.78, 5) is 14.2. The SMILES string of the molecule is O=C(c1ccc(Nc2ccccc2Oc2ccccc2)nn1)N1CCCC1. The molecule has 0 spiro atoms. The van der Waals surface area contributed by atoms with Crippen molar-refractivity contribution in [3.05, 3.63) is 72.4 Å². The van der Waals surface area contributed by atoms with E-state index in [1.807, 2.05) is 59.5 Å². The highest BCUT2D eigenvalue weighted by Crippen LogP contribution is 2.30. The van der Waals surface area contributed by atoms with Gasteiger partial charge in [-0.3, -0.25) is 4.79 Å². The molecule has 0 radical (unpaired) electrons. The van der Waals surface area contributed by atoms with Gasteiger partial charge in [-0.05, 0) is 49.2 Å². The summed E-state index contributed by atoms with van der Waals surface area (Å²) >= 11 is 0.